The highest BCUT2D eigenvalue weighted by molar-refractivity contribution is 9.10. The van der Waals surface area contributed by atoms with Gasteiger partial charge in [-0.05, 0) is 68.7 Å². The minimum absolute atomic E-state index is 0.0225. The number of rotatable bonds is 2. The third-order valence-electron chi connectivity index (χ3n) is 4.94. The van der Waals surface area contributed by atoms with Crippen LogP contribution >= 0.6 is 15.9 Å². The van der Waals surface area contributed by atoms with Crippen LogP contribution in [0.1, 0.15) is 45.3 Å². The van der Waals surface area contributed by atoms with Crippen LogP contribution < -0.4 is 0 Å². The van der Waals surface area contributed by atoms with E-state index in [1.807, 2.05) is 32.9 Å². The first-order chi connectivity index (χ1) is 13.3. The first-order valence-corrected chi connectivity index (χ1v) is 10.3. The highest BCUT2D eigenvalue weighted by atomic mass is 79.9. The molecule has 1 amide bonds. The number of hydrogen-bond acceptors (Lipinski definition) is 3. The van der Waals surface area contributed by atoms with Crippen LogP contribution in [0.4, 0.5) is 4.79 Å². The van der Waals surface area contributed by atoms with E-state index in [-0.39, 0.29) is 12.1 Å². The van der Waals surface area contributed by atoms with Crippen molar-refractivity contribution in [2.24, 2.45) is 0 Å². The molecule has 1 fully saturated rings. The summed E-state index contributed by atoms with van der Waals surface area (Å²) in [6.45, 7) is 6.38. The molecular formula is C22H24BrN3O2. The van der Waals surface area contributed by atoms with Gasteiger partial charge in [0.1, 0.15) is 5.60 Å². The molecule has 1 aliphatic heterocycles. The van der Waals surface area contributed by atoms with Gasteiger partial charge in [0.2, 0.25) is 0 Å². The first kappa shape index (κ1) is 19.0. The summed E-state index contributed by atoms with van der Waals surface area (Å²) in [5.41, 5.74) is 2.39. The van der Waals surface area contributed by atoms with Crippen molar-refractivity contribution in [3.63, 3.8) is 0 Å². The van der Waals surface area contributed by atoms with Crippen LogP contribution in [0.3, 0.4) is 0 Å². The number of H-pyrrole nitrogens is 1. The van der Waals surface area contributed by atoms with Gasteiger partial charge in [-0.2, -0.15) is 5.10 Å². The van der Waals surface area contributed by atoms with E-state index in [1.54, 1.807) is 4.90 Å². The van der Waals surface area contributed by atoms with Crippen LogP contribution in [-0.4, -0.2) is 33.3 Å². The molecule has 1 atom stereocenters. The number of nitrogens with one attached hydrogen (secondary N) is 1. The van der Waals surface area contributed by atoms with Gasteiger partial charge >= 0.3 is 6.09 Å². The molecule has 1 aromatic heterocycles. The van der Waals surface area contributed by atoms with Crippen LogP contribution in [0.5, 0.6) is 0 Å². The zero-order chi connectivity index (χ0) is 19.9. The molecule has 1 saturated heterocycles. The summed E-state index contributed by atoms with van der Waals surface area (Å²) in [7, 11) is 0. The Morgan fingerprint density at radius 2 is 1.96 bits per heavy atom. The van der Waals surface area contributed by atoms with Crippen molar-refractivity contribution < 1.29 is 9.53 Å². The molecule has 0 spiro atoms. The molecule has 4 rings (SSSR count). The average Bonchev–Trinajstić information content (AvgIpc) is 3.28. The molecule has 2 heterocycles. The highest BCUT2D eigenvalue weighted by Gasteiger charge is 2.34. The number of nitrogens with zero attached hydrogens (tertiary/aromatic N) is 2. The molecule has 2 aromatic carbocycles. The second-order valence-corrected chi connectivity index (χ2v) is 9.16. The number of carbonyl (C=O) groups is 1. The molecule has 0 saturated carbocycles. The second-order valence-electron chi connectivity index (χ2n) is 8.25. The number of halogens is 1. The molecule has 0 aliphatic carbocycles. The van der Waals surface area contributed by atoms with Crippen LogP contribution in [0, 0.1) is 0 Å². The Balaban J connectivity index is 1.59. The third-order valence-corrected chi connectivity index (χ3v) is 5.43. The van der Waals surface area contributed by atoms with Crippen molar-refractivity contribution in [3.05, 3.63) is 52.6 Å². The number of benzene rings is 2. The number of carbonyl (C=O) groups excluding carboxylic acids is 1. The van der Waals surface area contributed by atoms with Gasteiger partial charge in [0, 0.05) is 16.6 Å². The molecule has 146 valence electrons. The number of aromatic amines is 1. The van der Waals surface area contributed by atoms with Gasteiger partial charge in [0.05, 0.1) is 17.4 Å². The number of ether oxygens (including phenoxy) is 1. The summed E-state index contributed by atoms with van der Waals surface area (Å²) in [4.78, 5) is 14.4. The Morgan fingerprint density at radius 3 is 2.75 bits per heavy atom. The van der Waals surface area contributed by atoms with E-state index in [2.05, 4.69) is 56.5 Å². The lowest BCUT2D eigenvalue weighted by molar-refractivity contribution is 0.0221. The standard InChI is InChI=1S/C22H24BrN3O2/c1-22(2,3)28-21(27)26-10-4-5-20(26)19-13-18(24-25-19)15-7-6-14-8-9-17(23)12-16(14)11-15/h6-9,11-13,20H,4-5,10H2,1-3H3,(H,24,25). The van der Waals surface area contributed by atoms with Crippen LogP contribution in [-0.2, 0) is 4.74 Å². The van der Waals surface area contributed by atoms with Crippen molar-refractivity contribution in [2.45, 2.75) is 45.3 Å². The fraction of sp³-hybridized carbons (Fsp3) is 0.364. The van der Waals surface area contributed by atoms with E-state index in [4.69, 9.17) is 4.74 Å². The SMILES string of the molecule is CC(C)(C)OC(=O)N1CCCC1c1cc(-c2ccc3ccc(Br)cc3c2)n[nH]1. The molecule has 28 heavy (non-hydrogen) atoms. The smallest absolute Gasteiger partial charge is 0.410 e. The summed E-state index contributed by atoms with van der Waals surface area (Å²) in [5, 5.41) is 10.0. The topological polar surface area (TPSA) is 58.2 Å². The minimum Gasteiger partial charge on any atom is -0.444 e. The predicted molar refractivity (Wildman–Crippen MR) is 114 cm³/mol. The molecule has 1 aliphatic rings. The lowest BCUT2D eigenvalue weighted by atomic mass is 10.0. The lowest BCUT2D eigenvalue weighted by Crippen LogP contribution is -2.36. The maximum Gasteiger partial charge on any atom is 0.410 e. The minimum atomic E-state index is -0.497. The zero-order valence-electron chi connectivity index (χ0n) is 16.3. The molecule has 6 heteroatoms. The maximum absolute atomic E-state index is 12.6. The van der Waals surface area contributed by atoms with Crippen molar-refractivity contribution >= 4 is 32.8 Å². The Morgan fingerprint density at radius 1 is 1.18 bits per heavy atom. The summed E-state index contributed by atoms with van der Waals surface area (Å²) >= 11 is 3.53. The van der Waals surface area contributed by atoms with Crippen molar-refractivity contribution in [2.75, 3.05) is 6.54 Å². The van der Waals surface area contributed by atoms with Gasteiger partial charge in [-0.3, -0.25) is 10.00 Å². The Hall–Kier alpha value is -2.34. The normalized spacial score (nSPS) is 17.3. The van der Waals surface area contributed by atoms with Crippen molar-refractivity contribution in [3.8, 4) is 11.3 Å². The van der Waals surface area contributed by atoms with Gasteiger partial charge in [0.15, 0.2) is 0 Å². The lowest BCUT2D eigenvalue weighted by Gasteiger charge is -2.28. The molecular weight excluding hydrogens is 418 g/mol. The number of hydrogen-bond donors (Lipinski definition) is 1. The van der Waals surface area contributed by atoms with E-state index in [0.29, 0.717) is 6.54 Å². The fourth-order valence-electron chi connectivity index (χ4n) is 3.66. The summed E-state index contributed by atoms with van der Waals surface area (Å²) < 4.78 is 6.63. The van der Waals surface area contributed by atoms with E-state index in [1.165, 1.54) is 5.39 Å². The molecule has 0 bridgehead atoms. The molecule has 1 N–H and O–H groups in total. The Bertz CT molecular complexity index is 1020. The van der Waals surface area contributed by atoms with Crippen LogP contribution in [0.15, 0.2) is 46.9 Å². The van der Waals surface area contributed by atoms with E-state index < -0.39 is 5.60 Å². The highest BCUT2D eigenvalue weighted by Crippen LogP contribution is 2.34. The molecule has 1 unspecified atom stereocenters. The Kier molecular flexibility index (Phi) is 4.91. The van der Waals surface area contributed by atoms with Crippen LogP contribution in [0.2, 0.25) is 0 Å². The van der Waals surface area contributed by atoms with Gasteiger partial charge in [-0.1, -0.05) is 34.1 Å². The number of likely N-dealkylation sites (tertiary alicyclic amines) is 1. The Labute approximate surface area is 173 Å². The first-order valence-electron chi connectivity index (χ1n) is 9.55. The predicted octanol–water partition coefficient (Wildman–Crippen LogP) is 6.06. The van der Waals surface area contributed by atoms with Gasteiger partial charge in [0.25, 0.3) is 0 Å². The molecule has 5 nitrogen and oxygen atoms in total. The van der Waals surface area contributed by atoms with Gasteiger partial charge in [-0.25, -0.2) is 4.79 Å². The van der Waals surface area contributed by atoms with Crippen molar-refractivity contribution in [1.82, 2.24) is 15.1 Å². The van der Waals surface area contributed by atoms with Crippen LogP contribution in [0.25, 0.3) is 22.0 Å². The van der Waals surface area contributed by atoms with Crippen molar-refractivity contribution in [1.29, 1.82) is 0 Å². The second kappa shape index (κ2) is 7.24. The van der Waals surface area contributed by atoms with Gasteiger partial charge < -0.3 is 4.74 Å². The monoisotopic (exact) mass is 441 g/mol. The number of aromatic nitrogens is 2. The largest absolute Gasteiger partial charge is 0.444 e. The third kappa shape index (κ3) is 3.92. The fourth-order valence-corrected chi connectivity index (χ4v) is 4.04. The van der Waals surface area contributed by atoms with E-state index >= 15 is 0 Å². The quantitative estimate of drug-likeness (QED) is 0.525. The number of amides is 1. The van der Waals surface area contributed by atoms with E-state index in [9.17, 15) is 4.79 Å². The maximum atomic E-state index is 12.6. The summed E-state index contributed by atoms with van der Waals surface area (Å²) in [5.74, 6) is 0. The average molecular weight is 442 g/mol. The van der Waals surface area contributed by atoms with E-state index in [0.717, 1.165) is 39.7 Å². The molecule has 3 aromatic rings. The summed E-state index contributed by atoms with van der Waals surface area (Å²) in [6.07, 6.45) is 1.61. The van der Waals surface area contributed by atoms with Gasteiger partial charge in [-0.15, -0.1) is 0 Å². The zero-order valence-corrected chi connectivity index (χ0v) is 17.9. The summed E-state index contributed by atoms with van der Waals surface area (Å²) in [6, 6.07) is 14.6. The number of fused-ring (bicyclic) bond motifs is 1. The molecule has 0 radical (unpaired) electrons.